The van der Waals surface area contributed by atoms with Crippen molar-refractivity contribution in [2.45, 2.75) is 25.6 Å². The monoisotopic (exact) mass is 379 g/mol. The topological polar surface area (TPSA) is 139 Å². The smallest absolute Gasteiger partial charge is 0.492 e. The van der Waals surface area contributed by atoms with Crippen LogP contribution < -0.4 is 15.9 Å². The van der Waals surface area contributed by atoms with Crippen LogP contribution in [0.1, 0.15) is 23.7 Å². The minimum atomic E-state index is -5.08. The maximum Gasteiger partial charge on any atom is 0.492 e. The van der Waals surface area contributed by atoms with E-state index in [0.717, 1.165) is 11.1 Å². The molecule has 0 fully saturated rings. The quantitative estimate of drug-likeness (QED) is 0.532. The van der Waals surface area contributed by atoms with Crippen LogP contribution in [-0.2, 0) is 14.2 Å². The predicted molar refractivity (Wildman–Crippen MR) is 83.1 cm³/mol. The minimum Gasteiger partial charge on any atom is -0.492 e. The summed E-state index contributed by atoms with van der Waals surface area (Å²) in [5, 5.41) is 25.8. The van der Waals surface area contributed by atoms with Gasteiger partial charge < -0.3 is 30.4 Å². The Labute approximate surface area is 146 Å². The molecule has 1 unspecified atom stereocenters. The predicted octanol–water partition coefficient (Wildman–Crippen LogP) is 0.199. The first-order valence-corrected chi connectivity index (χ1v) is 7.30. The highest BCUT2D eigenvalue weighted by Crippen LogP contribution is 2.31. The van der Waals surface area contributed by atoms with E-state index in [-0.39, 0.29) is 6.42 Å². The molecule has 0 aliphatic carbocycles. The summed E-state index contributed by atoms with van der Waals surface area (Å²) in [4.78, 5) is 19.7. The van der Waals surface area contributed by atoms with Crippen molar-refractivity contribution in [1.29, 1.82) is 0 Å². The van der Waals surface area contributed by atoms with Gasteiger partial charge in [-0.25, -0.2) is 4.79 Å². The molecule has 1 aromatic rings. The fourth-order valence-electron chi connectivity index (χ4n) is 2.30. The Morgan fingerprint density at radius 2 is 1.92 bits per heavy atom. The Kier molecular flexibility index (Phi) is 7.42. The summed E-state index contributed by atoms with van der Waals surface area (Å²) >= 11 is 0. The fourth-order valence-corrected chi connectivity index (χ4v) is 2.30. The van der Waals surface area contributed by atoms with Gasteiger partial charge in [0.25, 0.3) is 0 Å². The van der Waals surface area contributed by atoms with Crippen LogP contribution >= 0.6 is 0 Å². The molecule has 0 radical (unpaired) electrons. The molecule has 0 aromatic heterocycles. The highest BCUT2D eigenvalue weighted by molar-refractivity contribution is 6.62. The van der Waals surface area contributed by atoms with Crippen molar-refractivity contribution in [2.75, 3.05) is 13.2 Å². The number of ether oxygens (including phenoxy) is 1. The first-order chi connectivity index (χ1) is 12.0. The molecule has 2 rings (SSSR count). The minimum absolute atomic E-state index is 0.173. The SMILES string of the molecule is Cc1cc(OCCN)cc2c1C(CC(=O)O)OB2O.O=C(O)C(F)(F)F. The lowest BCUT2D eigenvalue weighted by Crippen LogP contribution is -2.28. The Bertz CT molecular complexity index is 669. The van der Waals surface area contributed by atoms with Gasteiger partial charge in [-0.3, -0.25) is 4.79 Å². The van der Waals surface area contributed by atoms with Crippen LogP contribution in [-0.4, -0.2) is 53.6 Å². The molecule has 144 valence electrons. The van der Waals surface area contributed by atoms with E-state index in [9.17, 15) is 23.0 Å². The highest BCUT2D eigenvalue weighted by atomic mass is 19.4. The number of halogens is 3. The summed E-state index contributed by atoms with van der Waals surface area (Å²) in [6.45, 7) is 2.62. The zero-order valence-corrected chi connectivity index (χ0v) is 13.6. The Morgan fingerprint density at radius 1 is 1.35 bits per heavy atom. The number of alkyl halides is 3. The lowest BCUT2D eigenvalue weighted by Gasteiger charge is -2.13. The van der Waals surface area contributed by atoms with Gasteiger partial charge in [-0.05, 0) is 35.6 Å². The number of hydrogen-bond donors (Lipinski definition) is 4. The summed E-state index contributed by atoms with van der Waals surface area (Å²) in [6, 6.07) is 3.47. The normalized spacial score (nSPS) is 15.8. The second-order valence-corrected chi connectivity index (χ2v) is 5.26. The van der Waals surface area contributed by atoms with Crippen molar-refractivity contribution in [3.8, 4) is 5.75 Å². The molecule has 1 aromatic carbocycles. The van der Waals surface area contributed by atoms with Gasteiger partial charge in [0.1, 0.15) is 12.4 Å². The Balaban J connectivity index is 0.000000412. The second kappa shape index (κ2) is 8.87. The number of aryl methyl sites for hydroxylation is 1. The van der Waals surface area contributed by atoms with E-state index in [1.165, 1.54) is 0 Å². The van der Waals surface area contributed by atoms with Crippen molar-refractivity contribution < 1.29 is 47.4 Å². The number of hydrogen-bond acceptors (Lipinski definition) is 6. The van der Waals surface area contributed by atoms with E-state index in [4.69, 9.17) is 30.1 Å². The van der Waals surface area contributed by atoms with Crippen LogP contribution in [0.15, 0.2) is 12.1 Å². The van der Waals surface area contributed by atoms with Crippen LogP contribution in [0.25, 0.3) is 0 Å². The van der Waals surface area contributed by atoms with Gasteiger partial charge in [0.2, 0.25) is 0 Å². The lowest BCUT2D eigenvalue weighted by atomic mass is 9.77. The summed E-state index contributed by atoms with van der Waals surface area (Å²) in [5.74, 6) is -3.12. The molecular weight excluding hydrogens is 362 g/mol. The number of carboxylic acid groups (broad SMARTS) is 2. The number of carbonyl (C=O) groups is 2. The van der Waals surface area contributed by atoms with Gasteiger partial charge in [-0.15, -0.1) is 0 Å². The van der Waals surface area contributed by atoms with Crippen molar-refractivity contribution >= 4 is 24.5 Å². The van der Waals surface area contributed by atoms with Crippen LogP contribution in [0.4, 0.5) is 13.2 Å². The molecule has 0 saturated heterocycles. The summed E-state index contributed by atoms with van der Waals surface area (Å²) in [6.07, 6.45) is -5.88. The number of nitrogens with two attached hydrogens (primary N) is 1. The average molecular weight is 379 g/mol. The van der Waals surface area contributed by atoms with Crippen molar-refractivity contribution in [1.82, 2.24) is 0 Å². The average Bonchev–Trinajstić information content (AvgIpc) is 2.80. The first kappa shape index (κ1) is 21.7. The van der Waals surface area contributed by atoms with Gasteiger partial charge in [-0.2, -0.15) is 13.2 Å². The number of fused-ring (bicyclic) bond motifs is 1. The molecule has 0 spiro atoms. The molecule has 1 aliphatic rings. The molecular formula is C14H17BF3NO7. The maximum atomic E-state index is 10.8. The molecule has 1 atom stereocenters. The standard InChI is InChI=1S/C12H16BNO5.C2HF3O2/c1-7-4-8(18-3-2-14)5-9-12(7)10(6-11(15)16)19-13(9)17;3-2(4,5)1(6)7/h4-5,10,17H,2-3,6,14H2,1H3,(H,15,16);(H,6,7). The number of benzene rings is 1. The van der Waals surface area contributed by atoms with Crippen LogP contribution in [0.3, 0.4) is 0 Å². The first-order valence-electron chi connectivity index (χ1n) is 7.30. The third-order valence-electron chi connectivity index (χ3n) is 3.26. The van der Waals surface area contributed by atoms with Crippen LogP contribution in [0, 0.1) is 6.92 Å². The van der Waals surface area contributed by atoms with Gasteiger partial charge in [0.05, 0.1) is 12.5 Å². The van der Waals surface area contributed by atoms with Gasteiger partial charge in [-0.1, -0.05) is 0 Å². The lowest BCUT2D eigenvalue weighted by molar-refractivity contribution is -0.192. The highest BCUT2D eigenvalue weighted by Gasteiger charge is 2.38. The number of rotatable bonds is 5. The van der Waals surface area contributed by atoms with E-state index in [0.29, 0.717) is 24.4 Å². The Hall–Kier alpha value is -2.31. The maximum absolute atomic E-state index is 10.8. The van der Waals surface area contributed by atoms with Gasteiger partial charge in [0.15, 0.2) is 0 Å². The third-order valence-corrected chi connectivity index (χ3v) is 3.26. The molecule has 1 aliphatic heterocycles. The van der Waals surface area contributed by atoms with Crippen LogP contribution in [0.2, 0.25) is 0 Å². The van der Waals surface area contributed by atoms with Crippen molar-refractivity contribution in [3.63, 3.8) is 0 Å². The second-order valence-electron chi connectivity index (χ2n) is 5.26. The van der Waals surface area contributed by atoms with Crippen molar-refractivity contribution in [2.24, 2.45) is 5.73 Å². The summed E-state index contributed by atoms with van der Waals surface area (Å²) in [5.41, 5.74) is 7.51. The molecule has 0 bridgehead atoms. The molecule has 0 amide bonds. The van der Waals surface area contributed by atoms with Gasteiger partial charge in [0, 0.05) is 6.54 Å². The zero-order chi connectivity index (χ0) is 20.1. The van der Waals surface area contributed by atoms with E-state index in [2.05, 4.69) is 0 Å². The summed E-state index contributed by atoms with van der Waals surface area (Å²) < 4.78 is 42.4. The van der Waals surface area contributed by atoms with E-state index < -0.39 is 31.3 Å². The number of carboxylic acids is 2. The molecule has 5 N–H and O–H groups in total. The molecule has 1 heterocycles. The molecule has 8 nitrogen and oxygen atoms in total. The Morgan fingerprint density at radius 3 is 2.38 bits per heavy atom. The largest absolute Gasteiger partial charge is 0.492 e. The molecule has 12 heteroatoms. The number of aliphatic carboxylic acids is 2. The zero-order valence-electron chi connectivity index (χ0n) is 13.6. The van der Waals surface area contributed by atoms with Gasteiger partial charge >= 0.3 is 25.2 Å². The molecule has 0 saturated carbocycles. The van der Waals surface area contributed by atoms with Crippen LogP contribution in [0.5, 0.6) is 5.75 Å². The third kappa shape index (κ3) is 5.90. The van der Waals surface area contributed by atoms with E-state index in [1.54, 1.807) is 12.1 Å². The fraction of sp³-hybridized carbons (Fsp3) is 0.429. The van der Waals surface area contributed by atoms with E-state index in [1.807, 2.05) is 6.92 Å². The summed E-state index contributed by atoms with van der Waals surface area (Å²) in [7, 11) is -1.11. The molecule has 26 heavy (non-hydrogen) atoms. The van der Waals surface area contributed by atoms with E-state index >= 15 is 0 Å². The van der Waals surface area contributed by atoms with Crippen molar-refractivity contribution in [3.05, 3.63) is 23.3 Å².